The Hall–Kier alpha value is -2.70. The van der Waals surface area contributed by atoms with Crippen molar-refractivity contribution in [2.24, 2.45) is 0 Å². The maximum absolute atomic E-state index is 5.85. The molecule has 2 aromatic carbocycles. The molecule has 0 aliphatic carbocycles. The van der Waals surface area contributed by atoms with Crippen molar-refractivity contribution in [3.8, 4) is 17.2 Å². The van der Waals surface area contributed by atoms with Crippen LogP contribution in [0.25, 0.3) is 11.5 Å². The van der Waals surface area contributed by atoms with Gasteiger partial charge in [-0.2, -0.15) is 0 Å². The fourth-order valence-electron chi connectivity index (χ4n) is 2.64. The molecule has 0 unspecified atom stereocenters. The number of rotatable bonds is 9. The van der Waals surface area contributed by atoms with E-state index in [1.54, 1.807) is 14.2 Å². The van der Waals surface area contributed by atoms with Gasteiger partial charge in [-0.25, -0.2) is 0 Å². The van der Waals surface area contributed by atoms with Gasteiger partial charge in [-0.15, -0.1) is 10.2 Å². The van der Waals surface area contributed by atoms with Crippen molar-refractivity contribution in [2.45, 2.75) is 13.1 Å². The number of hydrogen-bond acceptors (Lipinski definition) is 6. The summed E-state index contributed by atoms with van der Waals surface area (Å²) in [6.45, 7) is 2.80. The van der Waals surface area contributed by atoms with Gasteiger partial charge < -0.3 is 13.9 Å². The van der Waals surface area contributed by atoms with Crippen LogP contribution in [0.2, 0.25) is 0 Å². The number of ether oxygens (including phenoxy) is 2. The highest BCUT2D eigenvalue weighted by atomic mass is 16.5. The predicted molar refractivity (Wildman–Crippen MR) is 98.7 cm³/mol. The second kappa shape index (κ2) is 9.12. The van der Waals surface area contributed by atoms with Crippen molar-refractivity contribution >= 4 is 0 Å². The lowest BCUT2D eigenvalue weighted by Crippen LogP contribution is -2.26. The zero-order valence-corrected chi connectivity index (χ0v) is 15.1. The number of nitrogens with zero attached hydrogens (tertiary/aromatic N) is 3. The van der Waals surface area contributed by atoms with Gasteiger partial charge in [0.05, 0.1) is 20.3 Å². The lowest BCUT2D eigenvalue weighted by Gasteiger charge is -2.20. The Morgan fingerprint density at radius 3 is 2.38 bits per heavy atom. The van der Waals surface area contributed by atoms with Crippen molar-refractivity contribution in [1.82, 2.24) is 15.1 Å². The van der Waals surface area contributed by atoms with Gasteiger partial charge in [0.1, 0.15) is 5.75 Å². The van der Waals surface area contributed by atoms with Crippen molar-refractivity contribution in [3.05, 3.63) is 66.1 Å². The van der Waals surface area contributed by atoms with Crippen LogP contribution in [0.5, 0.6) is 5.75 Å². The minimum atomic E-state index is 0.508. The van der Waals surface area contributed by atoms with E-state index in [2.05, 4.69) is 27.2 Å². The van der Waals surface area contributed by atoms with Crippen LogP contribution in [0.4, 0.5) is 0 Å². The number of hydrogen-bond donors (Lipinski definition) is 0. The normalized spacial score (nSPS) is 11.0. The van der Waals surface area contributed by atoms with Crippen LogP contribution in [0, 0.1) is 0 Å². The second-order valence-electron chi connectivity index (χ2n) is 5.92. The molecule has 3 aromatic rings. The third-order valence-corrected chi connectivity index (χ3v) is 4.02. The van der Waals surface area contributed by atoms with Gasteiger partial charge in [0, 0.05) is 25.8 Å². The van der Waals surface area contributed by atoms with Crippen molar-refractivity contribution in [3.63, 3.8) is 0 Å². The lowest BCUT2D eigenvalue weighted by atomic mass is 10.2. The van der Waals surface area contributed by atoms with Crippen molar-refractivity contribution < 1.29 is 13.9 Å². The predicted octanol–water partition coefficient (Wildman–Crippen LogP) is 3.39. The summed E-state index contributed by atoms with van der Waals surface area (Å²) in [4.78, 5) is 2.23. The number of methoxy groups -OCH3 is 2. The molecule has 1 heterocycles. The first-order valence-electron chi connectivity index (χ1n) is 8.50. The topological polar surface area (TPSA) is 60.6 Å². The number of aromatic nitrogens is 2. The first-order valence-corrected chi connectivity index (χ1v) is 8.50. The van der Waals surface area contributed by atoms with E-state index in [9.17, 15) is 0 Å². The molecule has 0 aliphatic rings. The first kappa shape index (κ1) is 18.1. The number of benzene rings is 2. The summed E-state index contributed by atoms with van der Waals surface area (Å²) in [6, 6.07) is 17.9. The molecule has 26 heavy (non-hydrogen) atoms. The van der Waals surface area contributed by atoms with E-state index in [4.69, 9.17) is 13.9 Å². The molecular weight excluding hydrogens is 330 g/mol. The van der Waals surface area contributed by atoms with Crippen LogP contribution >= 0.6 is 0 Å². The molecular formula is C20H23N3O3. The molecule has 0 saturated carbocycles. The van der Waals surface area contributed by atoms with Gasteiger partial charge in [-0.05, 0) is 29.8 Å². The molecule has 0 aliphatic heterocycles. The van der Waals surface area contributed by atoms with E-state index < -0.39 is 0 Å². The Labute approximate surface area is 153 Å². The maximum atomic E-state index is 5.85. The summed E-state index contributed by atoms with van der Waals surface area (Å²) < 4.78 is 16.2. The molecule has 0 atom stereocenters. The Balaban J connectivity index is 1.69. The first-order chi connectivity index (χ1) is 12.8. The van der Waals surface area contributed by atoms with E-state index in [0.29, 0.717) is 24.9 Å². The van der Waals surface area contributed by atoms with Crippen LogP contribution < -0.4 is 4.74 Å². The van der Waals surface area contributed by atoms with Gasteiger partial charge in [0.2, 0.25) is 11.8 Å². The molecule has 0 N–H and O–H groups in total. The van der Waals surface area contributed by atoms with Gasteiger partial charge in [-0.3, -0.25) is 4.90 Å². The van der Waals surface area contributed by atoms with E-state index in [0.717, 1.165) is 24.4 Å². The molecule has 0 bridgehead atoms. The summed E-state index contributed by atoms with van der Waals surface area (Å²) in [7, 11) is 3.34. The average molecular weight is 353 g/mol. The molecule has 1 aromatic heterocycles. The van der Waals surface area contributed by atoms with E-state index >= 15 is 0 Å². The monoisotopic (exact) mass is 353 g/mol. The van der Waals surface area contributed by atoms with Gasteiger partial charge in [-0.1, -0.05) is 30.3 Å². The van der Waals surface area contributed by atoms with Crippen LogP contribution in [-0.2, 0) is 17.8 Å². The highest BCUT2D eigenvalue weighted by Crippen LogP contribution is 2.21. The summed E-state index contributed by atoms with van der Waals surface area (Å²) in [5.41, 5.74) is 2.11. The summed E-state index contributed by atoms with van der Waals surface area (Å²) in [6.07, 6.45) is 0. The third-order valence-electron chi connectivity index (χ3n) is 4.02. The quantitative estimate of drug-likeness (QED) is 0.588. The summed E-state index contributed by atoms with van der Waals surface area (Å²) >= 11 is 0. The van der Waals surface area contributed by atoms with E-state index in [1.807, 2.05) is 42.5 Å². The third kappa shape index (κ3) is 4.91. The Kier molecular flexibility index (Phi) is 6.35. The molecule has 6 heteroatoms. The molecule has 0 fully saturated rings. The van der Waals surface area contributed by atoms with Crippen LogP contribution in [-0.4, -0.2) is 42.5 Å². The fraction of sp³-hybridized carbons (Fsp3) is 0.300. The zero-order valence-electron chi connectivity index (χ0n) is 15.1. The molecule has 0 spiro atoms. The van der Waals surface area contributed by atoms with Crippen LogP contribution in [0.15, 0.2) is 59.0 Å². The van der Waals surface area contributed by atoms with Crippen molar-refractivity contribution in [1.29, 1.82) is 0 Å². The van der Waals surface area contributed by atoms with Gasteiger partial charge in [0.15, 0.2) is 0 Å². The van der Waals surface area contributed by atoms with Gasteiger partial charge in [0.25, 0.3) is 0 Å². The molecule has 6 nitrogen and oxygen atoms in total. The standard InChI is InChI=1S/C20H23N3O3/c1-24-13-12-23(14-16-6-4-3-5-7-16)15-19-21-22-20(26-19)17-8-10-18(25-2)11-9-17/h3-11H,12-15H2,1-2H3. The summed E-state index contributed by atoms with van der Waals surface area (Å²) in [5.74, 6) is 1.89. The largest absolute Gasteiger partial charge is 0.497 e. The molecule has 0 radical (unpaired) electrons. The molecule has 0 saturated heterocycles. The van der Waals surface area contributed by atoms with Crippen LogP contribution in [0.3, 0.4) is 0 Å². The second-order valence-corrected chi connectivity index (χ2v) is 5.92. The Morgan fingerprint density at radius 1 is 0.923 bits per heavy atom. The molecule has 136 valence electrons. The fourth-order valence-corrected chi connectivity index (χ4v) is 2.64. The highest BCUT2D eigenvalue weighted by molar-refractivity contribution is 5.53. The minimum absolute atomic E-state index is 0.508. The molecule has 3 rings (SSSR count). The maximum Gasteiger partial charge on any atom is 0.247 e. The minimum Gasteiger partial charge on any atom is -0.497 e. The van der Waals surface area contributed by atoms with E-state index in [-0.39, 0.29) is 0 Å². The smallest absolute Gasteiger partial charge is 0.247 e. The lowest BCUT2D eigenvalue weighted by molar-refractivity contribution is 0.134. The van der Waals surface area contributed by atoms with Crippen molar-refractivity contribution in [2.75, 3.05) is 27.4 Å². The Bertz CT molecular complexity index is 788. The Morgan fingerprint density at radius 2 is 1.69 bits per heavy atom. The zero-order chi connectivity index (χ0) is 18.2. The van der Waals surface area contributed by atoms with Crippen LogP contribution in [0.1, 0.15) is 11.5 Å². The van der Waals surface area contributed by atoms with E-state index in [1.165, 1.54) is 5.56 Å². The average Bonchev–Trinajstić information content (AvgIpc) is 3.15. The highest BCUT2D eigenvalue weighted by Gasteiger charge is 2.13. The molecule has 0 amide bonds. The van der Waals surface area contributed by atoms with Gasteiger partial charge >= 0.3 is 0 Å². The SMILES string of the molecule is COCCN(Cc1ccccc1)Cc1nnc(-c2ccc(OC)cc2)o1. The summed E-state index contributed by atoms with van der Waals surface area (Å²) in [5, 5.41) is 8.36.